The van der Waals surface area contributed by atoms with Gasteiger partial charge in [-0.25, -0.2) is 4.79 Å². The number of hydrogen-bond donors (Lipinski definition) is 1. The van der Waals surface area contributed by atoms with Crippen molar-refractivity contribution in [2.75, 3.05) is 6.61 Å². The van der Waals surface area contributed by atoms with Crippen LogP contribution in [0.3, 0.4) is 0 Å². The van der Waals surface area contributed by atoms with E-state index >= 15 is 0 Å². The van der Waals surface area contributed by atoms with Gasteiger partial charge in [-0.1, -0.05) is 38.5 Å². The van der Waals surface area contributed by atoms with Gasteiger partial charge in [0.2, 0.25) is 0 Å². The molecular formula is C13H23NO2. The maximum absolute atomic E-state index is 10.2. The molecule has 0 rings (SSSR count). The summed E-state index contributed by atoms with van der Waals surface area (Å²) >= 11 is 0. The number of rotatable bonds is 10. The van der Waals surface area contributed by atoms with E-state index < -0.39 is 6.09 Å². The van der Waals surface area contributed by atoms with Gasteiger partial charge in [0.1, 0.15) is 0 Å². The molecular weight excluding hydrogens is 202 g/mol. The average Bonchev–Trinajstić information content (AvgIpc) is 2.25. The molecule has 0 fully saturated rings. The molecule has 0 atom stereocenters. The predicted molar refractivity (Wildman–Crippen MR) is 65.9 cm³/mol. The van der Waals surface area contributed by atoms with Crippen LogP contribution in [0.15, 0.2) is 0 Å². The van der Waals surface area contributed by atoms with Gasteiger partial charge >= 0.3 is 6.09 Å². The quantitative estimate of drug-likeness (QED) is 0.458. The topological polar surface area (TPSA) is 52.3 Å². The SMILES string of the molecule is C#CCCCCCCCCCCOC(N)=O. The molecule has 0 unspecified atom stereocenters. The lowest BCUT2D eigenvalue weighted by Crippen LogP contribution is -2.13. The maximum atomic E-state index is 10.2. The number of unbranched alkanes of at least 4 members (excludes halogenated alkanes) is 8. The number of ether oxygens (including phenoxy) is 1. The number of nitrogens with two attached hydrogens (primary N) is 1. The van der Waals surface area contributed by atoms with Crippen molar-refractivity contribution in [3.63, 3.8) is 0 Å². The molecule has 1 amide bonds. The maximum Gasteiger partial charge on any atom is 0.404 e. The van der Waals surface area contributed by atoms with Gasteiger partial charge in [0, 0.05) is 6.42 Å². The second-order valence-electron chi connectivity index (χ2n) is 3.95. The van der Waals surface area contributed by atoms with E-state index in [9.17, 15) is 4.79 Å². The molecule has 0 aliphatic carbocycles. The van der Waals surface area contributed by atoms with E-state index in [0.717, 1.165) is 25.7 Å². The van der Waals surface area contributed by atoms with Gasteiger partial charge in [-0.3, -0.25) is 0 Å². The molecule has 0 aromatic heterocycles. The fourth-order valence-electron chi connectivity index (χ4n) is 1.56. The van der Waals surface area contributed by atoms with Crippen LogP contribution in [0.4, 0.5) is 4.79 Å². The molecule has 2 N–H and O–H groups in total. The van der Waals surface area contributed by atoms with Crippen molar-refractivity contribution < 1.29 is 9.53 Å². The van der Waals surface area contributed by atoms with Crippen molar-refractivity contribution in [1.29, 1.82) is 0 Å². The van der Waals surface area contributed by atoms with Crippen molar-refractivity contribution in [1.82, 2.24) is 0 Å². The first-order valence-corrected chi connectivity index (χ1v) is 6.13. The molecule has 3 heteroatoms. The molecule has 0 aliphatic rings. The zero-order valence-electron chi connectivity index (χ0n) is 10.0. The van der Waals surface area contributed by atoms with Gasteiger partial charge in [-0.05, 0) is 12.8 Å². The van der Waals surface area contributed by atoms with Crippen LogP contribution >= 0.6 is 0 Å². The smallest absolute Gasteiger partial charge is 0.404 e. The summed E-state index contributed by atoms with van der Waals surface area (Å²) in [5.41, 5.74) is 4.84. The Morgan fingerprint density at radius 3 is 2.00 bits per heavy atom. The van der Waals surface area contributed by atoms with Crippen molar-refractivity contribution in [3.8, 4) is 12.3 Å². The third-order valence-electron chi connectivity index (χ3n) is 2.46. The number of terminal acetylenes is 1. The molecule has 0 saturated heterocycles. The number of carbonyl (C=O) groups is 1. The number of primary amides is 1. The third kappa shape index (κ3) is 12.8. The van der Waals surface area contributed by atoms with Crippen LogP contribution in [-0.4, -0.2) is 12.7 Å². The third-order valence-corrected chi connectivity index (χ3v) is 2.46. The molecule has 92 valence electrons. The van der Waals surface area contributed by atoms with Gasteiger partial charge in [0.05, 0.1) is 6.61 Å². The Balaban J connectivity index is 2.94. The summed E-state index contributed by atoms with van der Waals surface area (Å²) < 4.78 is 4.63. The largest absolute Gasteiger partial charge is 0.450 e. The summed E-state index contributed by atoms with van der Waals surface area (Å²) in [6.45, 7) is 0.456. The summed E-state index contributed by atoms with van der Waals surface area (Å²) in [5, 5.41) is 0. The average molecular weight is 225 g/mol. The highest BCUT2D eigenvalue weighted by Gasteiger charge is 1.94. The second-order valence-corrected chi connectivity index (χ2v) is 3.95. The highest BCUT2D eigenvalue weighted by molar-refractivity contribution is 5.64. The Morgan fingerprint density at radius 2 is 1.50 bits per heavy atom. The second kappa shape index (κ2) is 11.9. The van der Waals surface area contributed by atoms with Crippen LogP contribution in [0, 0.1) is 12.3 Å². The summed E-state index contributed by atoms with van der Waals surface area (Å²) in [7, 11) is 0. The molecule has 0 aliphatic heterocycles. The van der Waals surface area contributed by atoms with Crippen molar-refractivity contribution in [2.24, 2.45) is 5.73 Å². The summed E-state index contributed by atoms with van der Waals surface area (Å²) in [5.74, 6) is 2.65. The number of carbonyl (C=O) groups excluding carboxylic acids is 1. The molecule has 0 aromatic carbocycles. The van der Waals surface area contributed by atoms with Crippen LogP contribution in [0.25, 0.3) is 0 Å². The fraction of sp³-hybridized carbons (Fsp3) is 0.769. The van der Waals surface area contributed by atoms with Crippen LogP contribution < -0.4 is 5.73 Å². The molecule has 16 heavy (non-hydrogen) atoms. The zero-order valence-corrected chi connectivity index (χ0v) is 10.0. The highest BCUT2D eigenvalue weighted by Crippen LogP contribution is 2.09. The van der Waals surface area contributed by atoms with E-state index in [1.807, 2.05) is 0 Å². The first-order valence-electron chi connectivity index (χ1n) is 6.13. The van der Waals surface area contributed by atoms with Crippen molar-refractivity contribution in [2.45, 2.75) is 57.8 Å². The standard InChI is InChI=1S/C13H23NO2/c1-2-3-4-5-6-7-8-9-10-11-12-16-13(14)15/h1H,3-12H2,(H2,14,15). The van der Waals surface area contributed by atoms with Crippen LogP contribution in [0.5, 0.6) is 0 Å². The lowest BCUT2D eigenvalue weighted by molar-refractivity contribution is 0.154. The minimum atomic E-state index is -0.673. The molecule has 0 spiro atoms. The number of amides is 1. The Bertz CT molecular complexity index is 208. The van der Waals surface area contributed by atoms with E-state index in [1.165, 1.54) is 32.1 Å². The van der Waals surface area contributed by atoms with Gasteiger partial charge in [-0.2, -0.15) is 0 Å². The molecule has 0 bridgehead atoms. The van der Waals surface area contributed by atoms with E-state index in [2.05, 4.69) is 10.7 Å². The molecule has 0 radical (unpaired) electrons. The lowest BCUT2D eigenvalue weighted by atomic mass is 10.1. The Kier molecular flexibility index (Phi) is 11.0. The highest BCUT2D eigenvalue weighted by atomic mass is 16.5. The predicted octanol–water partition coefficient (Wildman–Crippen LogP) is 3.23. The molecule has 0 saturated carbocycles. The first-order chi connectivity index (χ1) is 7.77. The minimum Gasteiger partial charge on any atom is -0.450 e. The Hall–Kier alpha value is -1.17. The van der Waals surface area contributed by atoms with E-state index in [4.69, 9.17) is 12.2 Å². The van der Waals surface area contributed by atoms with Gasteiger partial charge < -0.3 is 10.5 Å². The van der Waals surface area contributed by atoms with Crippen LogP contribution in [0.1, 0.15) is 57.8 Å². The minimum absolute atomic E-state index is 0.456. The summed E-state index contributed by atoms with van der Waals surface area (Å²) in [6.07, 6.45) is 14.8. The Labute approximate surface area is 98.7 Å². The van der Waals surface area contributed by atoms with E-state index in [0.29, 0.717) is 6.61 Å². The van der Waals surface area contributed by atoms with E-state index in [1.54, 1.807) is 0 Å². The monoisotopic (exact) mass is 225 g/mol. The normalized spacial score (nSPS) is 9.69. The van der Waals surface area contributed by atoms with Gasteiger partial charge in [-0.15, -0.1) is 12.3 Å². The molecule has 0 heterocycles. The molecule has 3 nitrogen and oxygen atoms in total. The van der Waals surface area contributed by atoms with Crippen molar-refractivity contribution in [3.05, 3.63) is 0 Å². The lowest BCUT2D eigenvalue weighted by Gasteiger charge is -2.02. The van der Waals surface area contributed by atoms with E-state index in [-0.39, 0.29) is 0 Å². The first kappa shape index (κ1) is 14.8. The van der Waals surface area contributed by atoms with Gasteiger partial charge in [0.15, 0.2) is 0 Å². The van der Waals surface area contributed by atoms with Crippen molar-refractivity contribution >= 4 is 6.09 Å². The van der Waals surface area contributed by atoms with Gasteiger partial charge in [0.25, 0.3) is 0 Å². The van der Waals surface area contributed by atoms with Crippen LogP contribution in [-0.2, 0) is 4.74 Å². The zero-order chi connectivity index (χ0) is 12.1. The summed E-state index contributed by atoms with van der Waals surface area (Å²) in [6, 6.07) is 0. The molecule has 0 aromatic rings. The Morgan fingerprint density at radius 1 is 1.00 bits per heavy atom. The number of hydrogen-bond acceptors (Lipinski definition) is 2. The summed E-state index contributed by atoms with van der Waals surface area (Å²) in [4.78, 5) is 10.2. The van der Waals surface area contributed by atoms with Crippen LogP contribution in [0.2, 0.25) is 0 Å². The fourth-order valence-corrected chi connectivity index (χ4v) is 1.56.